The van der Waals surface area contributed by atoms with Crippen molar-refractivity contribution in [1.82, 2.24) is 0 Å². The predicted molar refractivity (Wildman–Crippen MR) is 46.0 cm³/mol. The van der Waals surface area contributed by atoms with E-state index in [1.54, 1.807) is 12.5 Å². The highest BCUT2D eigenvalue weighted by Gasteiger charge is 2.03. The molecule has 0 bridgehead atoms. The van der Waals surface area contributed by atoms with E-state index in [2.05, 4.69) is 0 Å². The molecule has 58 valence electrons. The van der Waals surface area contributed by atoms with E-state index in [1.807, 2.05) is 24.3 Å². The van der Waals surface area contributed by atoms with Crippen LogP contribution >= 0.6 is 0 Å². The van der Waals surface area contributed by atoms with Gasteiger partial charge in [0.15, 0.2) is 0 Å². The summed E-state index contributed by atoms with van der Waals surface area (Å²) in [5, 5.41) is 2.15. The first-order chi connectivity index (χ1) is 5.95. The quantitative estimate of drug-likeness (QED) is 0.502. The monoisotopic (exact) mass is 158 g/mol. The SMILES string of the molecule is c1cc2c(ccc3ccoc32)o1. The van der Waals surface area contributed by atoms with Crippen molar-refractivity contribution < 1.29 is 8.83 Å². The first-order valence-corrected chi connectivity index (χ1v) is 3.78. The number of rotatable bonds is 0. The van der Waals surface area contributed by atoms with Crippen molar-refractivity contribution in [2.75, 3.05) is 0 Å². The molecule has 3 rings (SSSR count). The number of hydrogen-bond donors (Lipinski definition) is 0. The Labute approximate surface area is 68.4 Å². The molecule has 0 radical (unpaired) electrons. The molecule has 0 aliphatic carbocycles. The summed E-state index contributed by atoms with van der Waals surface area (Å²) < 4.78 is 10.6. The van der Waals surface area contributed by atoms with Crippen LogP contribution < -0.4 is 0 Å². The Kier molecular flexibility index (Phi) is 0.939. The fraction of sp³-hybridized carbons (Fsp3) is 0. The third-order valence-electron chi connectivity index (χ3n) is 2.05. The van der Waals surface area contributed by atoms with Crippen LogP contribution in [0.1, 0.15) is 0 Å². The molecule has 2 aromatic heterocycles. The maximum atomic E-state index is 5.33. The van der Waals surface area contributed by atoms with E-state index in [0.29, 0.717) is 0 Å². The highest BCUT2D eigenvalue weighted by Crippen LogP contribution is 2.26. The molecule has 0 fully saturated rings. The molecular weight excluding hydrogens is 152 g/mol. The van der Waals surface area contributed by atoms with Crippen molar-refractivity contribution in [2.24, 2.45) is 0 Å². The molecule has 0 amide bonds. The molecule has 2 heterocycles. The Morgan fingerprint density at radius 3 is 2.75 bits per heavy atom. The highest BCUT2D eigenvalue weighted by atomic mass is 16.3. The molecule has 0 unspecified atom stereocenters. The third-order valence-corrected chi connectivity index (χ3v) is 2.05. The maximum absolute atomic E-state index is 5.33. The van der Waals surface area contributed by atoms with E-state index in [1.165, 1.54) is 0 Å². The van der Waals surface area contributed by atoms with Crippen molar-refractivity contribution in [3.8, 4) is 0 Å². The Morgan fingerprint density at radius 1 is 0.833 bits per heavy atom. The number of benzene rings is 1. The largest absolute Gasteiger partial charge is 0.464 e. The minimum Gasteiger partial charge on any atom is -0.464 e. The van der Waals surface area contributed by atoms with E-state index in [-0.39, 0.29) is 0 Å². The van der Waals surface area contributed by atoms with Crippen molar-refractivity contribution in [2.45, 2.75) is 0 Å². The van der Waals surface area contributed by atoms with Crippen molar-refractivity contribution in [1.29, 1.82) is 0 Å². The van der Waals surface area contributed by atoms with Crippen LogP contribution in [0.2, 0.25) is 0 Å². The number of furan rings is 2. The van der Waals surface area contributed by atoms with Gasteiger partial charge in [-0.05, 0) is 24.3 Å². The van der Waals surface area contributed by atoms with Gasteiger partial charge in [-0.1, -0.05) is 0 Å². The second-order valence-corrected chi connectivity index (χ2v) is 2.74. The summed E-state index contributed by atoms with van der Waals surface area (Å²) in [6.07, 6.45) is 3.36. The summed E-state index contributed by atoms with van der Waals surface area (Å²) in [7, 11) is 0. The Balaban J connectivity index is 2.71. The van der Waals surface area contributed by atoms with Gasteiger partial charge in [-0.15, -0.1) is 0 Å². The lowest BCUT2D eigenvalue weighted by Gasteiger charge is -1.88. The van der Waals surface area contributed by atoms with Gasteiger partial charge in [-0.3, -0.25) is 0 Å². The van der Waals surface area contributed by atoms with Crippen molar-refractivity contribution in [3.63, 3.8) is 0 Å². The first-order valence-electron chi connectivity index (χ1n) is 3.78. The van der Waals surface area contributed by atoms with Gasteiger partial charge in [0.2, 0.25) is 0 Å². The van der Waals surface area contributed by atoms with Crippen molar-refractivity contribution >= 4 is 21.9 Å². The van der Waals surface area contributed by atoms with E-state index in [4.69, 9.17) is 8.83 Å². The normalized spacial score (nSPS) is 11.3. The molecule has 2 nitrogen and oxygen atoms in total. The summed E-state index contributed by atoms with van der Waals surface area (Å²) >= 11 is 0. The molecule has 0 atom stereocenters. The number of hydrogen-bond acceptors (Lipinski definition) is 2. The summed E-state index contributed by atoms with van der Waals surface area (Å²) in [5.41, 5.74) is 1.78. The summed E-state index contributed by atoms with van der Waals surface area (Å²) in [6.45, 7) is 0. The van der Waals surface area contributed by atoms with E-state index < -0.39 is 0 Å². The lowest BCUT2D eigenvalue weighted by Crippen LogP contribution is -1.64. The molecule has 1 aromatic carbocycles. The molecule has 0 aliphatic heterocycles. The Hall–Kier alpha value is -1.70. The standard InChI is InChI=1S/C10H6O2/c1-2-9-8(4-6-11-9)10-7(1)3-5-12-10/h1-6H. The van der Waals surface area contributed by atoms with Gasteiger partial charge in [0.05, 0.1) is 17.9 Å². The maximum Gasteiger partial charge on any atom is 0.144 e. The van der Waals surface area contributed by atoms with Gasteiger partial charge in [0, 0.05) is 5.39 Å². The Bertz CT molecular complexity index is 481. The van der Waals surface area contributed by atoms with Gasteiger partial charge >= 0.3 is 0 Å². The topological polar surface area (TPSA) is 26.3 Å². The lowest BCUT2D eigenvalue weighted by molar-refractivity contribution is 0.611. The van der Waals surface area contributed by atoms with Crippen LogP contribution in [0.25, 0.3) is 21.9 Å². The zero-order valence-electron chi connectivity index (χ0n) is 6.28. The molecule has 0 spiro atoms. The zero-order chi connectivity index (χ0) is 7.97. The van der Waals surface area contributed by atoms with Crippen LogP contribution in [-0.2, 0) is 0 Å². The third kappa shape index (κ3) is 0.593. The molecule has 0 N–H and O–H groups in total. The van der Waals surface area contributed by atoms with Crippen molar-refractivity contribution in [3.05, 3.63) is 36.8 Å². The van der Waals surface area contributed by atoms with Crippen LogP contribution in [-0.4, -0.2) is 0 Å². The summed E-state index contributed by atoms with van der Waals surface area (Å²) in [4.78, 5) is 0. The van der Waals surface area contributed by atoms with Gasteiger partial charge < -0.3 is 8.83 Å². The van der Waals surface area contributed by atoms with Crippen LogP contribution in [0.4, 0.5) is 0 Å². The van der Waals surface area contributed by atoms with Gasteiger partial charge in [-0.2, -0.15) is 0 Å². The van der Waals surface area contributed by atoms with Crippen LogP contribution in [0.15, 0.2) is 45.6 Å². The molecule has 0 aliphatic rings. The molecule has 0 saturated carbocycles. The van der Waals surface area contributed by atoms with Gasteiger partial charge in [0.25, 0.3) is 0 Å². The van der Waals surface area contributed by atoms with Gasteiger partial charge in [0.1, 0.15) is 11.2 Å². The van der Waals surface area contributed by atoms with Crippen LogP contribution in [0.3, 0.4) is 0 Å². The average molecular weight is 158 g/mol. The Morgan fingerprint density at radius 2 is 1.75 bits per heavy atom. The van der Waals surface area contributed by atoms with E-state index in [9.17, 15) is 0 Å². The van der Waals surface area contributed by atoms with E-state index >= 15 is 0 Å². The zero-order valence-corrected chi connectivity index (χ0v) is 6.28. The molecular formula is C10H6O2. The van der Waals surface area contributed by atoms with Crippen LogP contribution in [0, 0.1) is 0 Å². The van der Waals surface area contributed by atoms with Gasteiger partial charge in [-0.25, -0.2) is 0 Å². The lowest BCUT2D eigenvalue weighted by atomic mass is 10.2. The minimum absolute atomic E-state index is 0.873. The smallest absolute Gasteiger partial charge is 0.144 e. The number of fused-ring (bicyclic) bond motifs is 3. The second-order valence-electron chi connectivity index (χ2n) is 2.74. The molecule has 12 heavy (non-hydrogen) atoms. The van der Waals surface area contributed by atoms with Crippen LogP contribution in [0.5, 0.6) is 0 Å². The minimum atomic E-state index is 0.873. The second kappa shape index (κ2) is 1.91. The summed E-state index contributed by atoms with van der Waals surface area (Å²) in [6, 6.07) is 7.81. The predicted octanol–water partition coefficient (Wildman–Crippen LogP) is 3.18. The molecule has 2 heteroatoms. The molecule has 3 aromatic rings. The fourth-order valence-electron chi connectivity index (χ4n) is 1.47. The average Bonchev–Trinajstić information content (AvgIpc) is 2.71. The van der Waals surface area contributed by atoms with E-state index in [0.717, 1.165) is 21.9 Å². The first kappa shape index (κ1) is 5.89. The highest BCUT2D eigenvalue weighted by molar-refractivity contribution is 6.01. The fourth-order valence-corrected chi connectivity index (χ4v) is 1.47. The summed E-state index contributed by atoms with van der Waals surface area (Å²) in [5.74, 6) is 0. The molecule has 0 saturated heterocycles.